The first-order valence-corrected chi connectivity index (χ1v) is 8.50. The third-order valence-electron chi connectivity index (χ3n) is 4.46. The first-order chi connectivity index (χ1) is 12.4. The Kier molecular flexibility index (Phi) is 5.13. The molecule has 0 aromatic carbocycles. The molecule has 0 aliphatic carbocycles. The second-order valence-electron chi connectivity index (χ2n) is 6.73. The van der Waals surface area contributed by atoms with Gasteiger partial charge in [0.2, 0.25) is 0 Å². The van der Waals surface area contributed by atoms with E-state index in [1.165, 1.54) is 11.0 Å². The van der Waals surface area contributed by atoms with Gasteiger partial charge >= 0.3 is 0 Å². The SMILES string of the molecule is Cc1nccc(C(=O)N(C)C[C@]2(O)CCCN(c3ccc(F)cn3)C2)n1. The Balaban J connectivity index is 1.69. The van der Waals surface area contributed by atoms with Crippen LogP contribution in [0.2, 0.25) is 0 Å². The molecular formula is C18H22FN5O2. The van der Waals surface area contributed by atoms with E-state index < -0.39 is 11.4 Å². The van der Waals surface area contributed by atoms with Crippen molar-refractivity contribution in [1.29, 1.82) is 0 Å². The topological polar surface area (TPSA) is 82.5 Å². The molecule has 3 rings (SSSR count). The molecule has 1 amide bonds. The molecule has 1 atom stereocenters. The molecule has 8 heteroatoms. The Morgan fingerprint density at radius 2 is 2.19 bits per heavy atom. The number of halogens is 1. The number of rotatable bonds is 4. The van der Waals surface area contributed by atoms with Gasteiger partial charge in [-0.1, -0.05) is 0 Å². The highest BCUT2D eigenvalue weighted by Crippen LogP contribution is 2.26. The van der Waals surface area contributed by atoms with E-state index in [9.17, 15) is 14.3 Å². The smallest absolute Gasteiger partial charge is 0.272 e. The molecule has 0 bridgehead atoms. The van der Waals surface area contributed by atoms with E-state index in [0.29, 0.717) is 30.3 Å². The van der Waals surface area contributed by atoms with Gasteiger partial charge in [0, 0.05) is 26.3 Å². The van der Waals surface area contributed by atoms with Crippen molar-refractivity contribution in [2.24, 2.45) is 0 Å². The lowest BCUT2D eigenvalue weighted by atomic mass is 9.92. The summed E-state index contributed by atoms with van der Waals surface area (Å²) >= 11 is 0. The van der Waals surface area contributed by atoms with Gasteiger partial charge in [0.25, 0.3) is 5.91 Å². The number of anilines is 1. The van der Waals surface area contributed by atoms with Gasteiger partial charge in [0.05, 0.1) is 18.3 Å². The fraction of sp³-hybridized carbons (Fsp3) is 0.444. The van der Waals surface area contributed by atoms with E-state index >= 15 is 0 Å². The summed E-state index contributed by atoms with van der Waals surface area (Å²) in [4.78, 5) is 28.2. The van der Waals surface area contributed by atoms with E-state index in [1.54, 1.807) is 32.3 Å². The molecule has 0 spiro atoms. The number of carbonyl (C=O) groups excluding carboxylic acids is 1. The fourth-order valence-corrected chi connectivity index (χ4v) is 3.28. The molecule has 26 heavy (non-hydrogen) atoms. The molecular weight excluding hydrogens is 337 g/mol. The Bertz CT molecular complexity index is 785. The van der Waals surface area contributed by atoms with Crippen molar-refractivity contribution in [2.75, 3.05) is 31.6 Å². The van der Waals surface area contributed by atoms with Crippen LogP contribution >= 0.6 is 0 Å². The molecule has 3 heterocycles. The van der Waals surface area contributed by atoms with E-state index in [-0.39, 0.29) is 12.5 Å². The van der Waals surface area contributed by atoms with Crippen LogP contribution < -0.4 is 4.90 Å². The maximum absolute atomic E-state index is 13.1. The molecule has 1 aliphatic rings. The zero-order valence-electron chi connectivity index (χ0n) is 14.9. The minimum absolute atomic E-state index is 0.173. The van der Waals surface area contributed by atoms with Crippen LogP contribution in [0.3, 0.4) is 0 Å². The summed E-state index contributed by atoms with van der Waals surface area (Å²) in [6.07, 6.45) is 4.03. The van der Waals surface area contributed by atoms with E-state index in [2.05, 4.69) is 15.0 Å². The standard InChI is InChI=1S/C18H22FN5O2/c1-13-20-8-6-15(22-13)17(25)23(2)11-18(26)7-3-9-24(12-18)16-5-4-14(19)10-21-16/h4-6,8,10,26H,3,7,9,11-12H2,1-2H3/t18-/m1/s1. The van der Waals surface area contributed by atoms with Crippen LogP contribution in [0.15, 0.2) is 30.6 Å². The number of aliphatic hydroxyl groups is 1. The molecule has 0 saturated carbocycles. The highest BCUT2D eigenvalue weighted by molar-refractivity contribution is 5.92. The van der Waals surface area contributed by atoms with Gasteiger partial charge in [-0.15, -0.1) is 0 Å². The predicted molar refractivity (Wildman–Crippen MR) is 94.3 cm³/mol. The first kappa shape index (κ1) is 18.2. The molecule has 138 valence electrons. The van der Waals surface area contributed by atoms with Gasteiger partial charge in [0.15, 0.2) is 0 Å². The quantitative estimate of drug-likeness (QED) is 0.889. The first-order valence-electron chi connectivity index (χ1n) is 8.50. The summed E-state index contributed by atoms with van der Waals surface area (Å²) in [5.74, 6) is 0.478. The maximum atomic E-state index is 13.1. The van der Waals surface area contributed by atoms with Crippen molar-refractivity contribution in [3.05, 3.63) is 47.9 Å². The minimum atomic E-state index is -1.07. The molecule has 1 aliphatic heterocycles. The lowest BCUT2D eigenvalue weighted by molar-refractivity contribution is -0.000287. The van der Waals surface area contributed by atoms with Gasteiger partial charge in [-0.25, -0.2) is 19.3 Å². The molecule has 2 aromatic heterocycles. The fourth-order valence-electron chi connectivity index (χ4n) is 3.28. The second-order valence-corrected chi connectivity index (χ2v) is 6.73. The van der Waals surface area contributed by atoms with Crippen molar-refractivity contribution in [2.45, 2.75) is 25.4 Å². The minimum Gasteiger partial charge on any atom is -0.386 e. The van der Waals surface area contributed by atoms with Crippen LogP contribution in [-0.4, -0.2) is 63.1 Å². The summed E-state index contributed by atoms with van der Waals surface area (Å²) in [6.45, 7) is 2.95. The zero-order valence-corrected chi connectivity index (χ0v) is 14.9. The van der Waals surface area contributed by atoms with Crippen molar-refractivity contribution >= 4 is 11.7 Å². The van der Waals surface area contributed by atoms with Crippen LogP contribution in [0.1, 0.15) is 29.2 Å². The molecule has 0 unspecified atom stereocenters. The van der Waals surface area contributed by atoms with Gasteiger partial charge in [-0.3, -0.25) is 4.79 Å². The monoisotopic (exact) mass is 359 g/mol. The maximum Gasteiger partial charge on any atom is 0.272 e. The Morgan fingerprint density at radius 1 is 1.38 bits per heavy atom. The second kappa shape index (κ2) is 7.33. The number of piperidine rings is 1. The van der Waals surface area contributed by atoms with Crippen LogP contribution in [0.25, 0.3) is 0 Å². The summed E-state index contributed by atoms with van der Waals surface area (Å²) in [7, 11) is 1.65. The Labute approximate surface area is 151 Å². The zero-order chi connectivity index (χ0) is 18.7. The van der Waals surface area contributed by atoms with E-state index in [1.807, 2.05) is 4.90 Å². The van der Waals surface area contributed by atoms with Gasteiger partial charge in [0.1, 0.15) is 23.2 Å². The number of hydrogen-bond acceptors (Lipinski definition) is 6. The summed E-state index contributed by atoms with van der Waals surface area (Å²) < 4.78 is 13.1. The van der Waals surface area contributed by atoms with Gasteiger partial charge in [-0.2, -0.15) is 0 Å². The highest BCUT2D eigenvalue weighted by atomic mass is 19.1. The number of amides is 1. The van der Waals surface area contributed by atoms with Crippen LogP contribution in [-0.2, 0) is 0 Å². The van der Waals surface area contributed by atoms with Crippen LogP contribution in [0, 0.1) is 12.7 Å². The van der Waals surface area contributed by atoms with Crippen LogP contribution in [0.5, 0.6) is 0 Å². The van der Waals surface area contributed by atoms with Crippen LogP contribution in [0.4, 0.5) is 10.2 Å². The van der Waals surface area contributed by atoms with Gasteiger partial charge < -0.3 is 14.9 Å². The number of hydrogen-bond donors (Lipinski definition) is 1. The summed E-state index contributed by atoms with van der Waals surface area (Å²) in [5.41, 5.74) is -0.766. The lowest BCUT2D eigenvalue weighted by Crippen LogP contribution is -2.55. The Hall–Kier alpha value is -2.61. The number of likely N-dealkylation sites (N-methyl/N-ethyl adjacent to an activating group) is 1. The Morgan fingerprint density at radius 3 is 2.88 bits per heavy atom. The number of carbonyl (C=O) groups is 1. The summed E-state index contributed by atoms with van der Waals surface area (Å²) in [6, 6.07) is 4.51. The third-order valence-corrected chi connectivity index (χ3v) is 4.46. The highest BCUT2D eigenvalue weighted by Gasteiger charge is 2.36. The molecule has 7 nitrogen and oxygen atoms in total. The van der Waals surface area contributed by atoms with E-state index in [4.69, 9.17) is 0 Å². The van der Waals surface area contributed by atoms with Crippen molar-refractivity contribution in [1.82, 2.24) is 19.9 Å². The van der Waals surface area contributed by atoms with Gasteiger partial charge in [-0.05, 0) is 38.0 Å². The number of β-amino-alcohol motifs (C(OH)–C–C–N with tert-alkyl or cyclic N) is 1. The van der Waals surface area contributed by atoms with Crippen molar-refractivity contribution in [3.8, 4) is 0 Å². The normalized spacial score (nSPS) is 20.1. The number of nitrogens with zero attached hydrogens (tertiary/aromatic N) is 5. The molecule has 2 aromatic rings. The number of pyridine rings is 1. The predicted octanol–water partition coefficient (Wildman–Crippen LogP) is 1.42. The van der Waals surface area contributed by atoms with E-state index in [0.717, 1.165) is 19.2 Å². The van der Waals surface area contributed by atoms with Crippen molar-refractivity contribution in [3.63, 3.8) is 0 Å². The number of aromatic nitrogens is 3. The molecule has 1 N–H and O–H groups in total. The van der Waals surface area contributed by atoms with Crippen molar-refractivity contribution < 1.29 is 14.3 Å². The number of aryl methyl sites for hydroxylation is 1. The lowest BCUT2D eigenvalue weighted by Gasteiger charge is -2.41. The third kappa shape index (κ3) is 4.13. The average molecular weight is 359 g/mol. The molecule has 0 radical (unpaired) electrons. The largest absolute Gasteiger partial charge is 0.386 e. The molecule has 1 saturated heterocycles. The average Bonchev–Trinajstić information content (AvgIpc) is 2.61. The molecule has 1 fully saturated rings. The summed E-state index contributed by atoms with van der Waals surface area (Å²) in [5, 5.41) is 11.0.